The summed E-state index contributed by atoms with van der Waals surface area (Å²) in [5.41, 5.74) is 4.26. The normalized spacial score (nSPS) is 11.1. The highest BCUT2D eigenvalue weighted by molar-refractivity contribution is 8.00. The first-order valence-electron chi connectivity index (χ1n) is 7.37. The van der Waals surface area contributed by atoms with E-state index in [4.69, 9.17) is 17.3 Å². The Morgan fingerprint density at radius 3 is 2.71 bits per heavy atom. The number of ether oxygens (including phenoxy) is 1. The monoisotopic (exact) mass is 436 g/mol. The van der Waals surface area contributed by atoms with Gasteiger partial charge in [0.2, 0.25) is 11.8 Å². The Morgan fingerprint density at radius 2 is 2.07 bits per heavy atom. The zero-order chi connectivity index (χ0) is 20.9. The van der Waals surface area contributed by atoms with Crippen LogP contribution < -0.4 is 21.3 Å². The average molecular weight is 437 g/mol. The number of halogens is 4. The van der Waals surface area contributed by atoms with Gasteiger partial charge in [0.15, 0.2) is 0 Å². The molecule has 2 aromatic rings. The van der Waals surface area contributed by atoms with Crippen LogP contribution >= 0.6 is 23.4 Å². The average Bonchev–Trinajstić information content (AvgIpc) is 2.57. The Morgan fingerprint density at radius 1 is 1.36 bits per heavy atom. The molecule has 2 amide bonds. The Labute approximate surface area is 164 Å². The molecule has 0 saturated carbocycles. The third-order valence-electron chi connectivity index (χ3n) is 2.97. The van der Waals surface area contributed by atoms with E-state index in [-0.39, 0.29) is 21.4 Å². The standard InChI is InChI=1S/C15H12ClF3N4O4S/c16-13-10(28-7-11(20)24)5-21-23(14(13)26)6-12(25)22-8-2-1-3-9(4-8)27-15(17,18)19/h1-5H,6-7H2,(H2,20,24)(H,22,25). The first-order valence-corrected chi connectivity index (χ1v) is 8.74. The summed E-state index contributed by atoms with van der Waals surface area (Å²) in [6, 6.07) is 4.63. The molecule has 8 nitrogen and oxygen atoms in total. The second-order valence-corrected chi connectivity index (χ2v) is 6.56. The molecule has 1 aromatic carbocycles. The van der Waals surface area contributed by atoms with E-state index in [1.54, 1.807) is 0 Å². The number of hydrogen-bond acceptors (Lipinski definition) is 6. The summed E-state index contributed by atoms with van der Waals surface area (Å²) in [7, 11) is 0. The van der Waals surface area contributed by atoms with Crippen molar-refractivity contribution >= 4 is 40.9 Å². The Hall–Kier alpha value is -2.73. The minimum Gasteiger partial charge on any atom is -0.406 e. The molecule has 0 spiro atoms. The molecule has 2 rings (SSSR count). The topological polar surface area (TPSA) is 116 Å². The minimum absolute atomic E-state index is 0.0273. The maximum Gasteiger partial charge on any atom is 0.573 e. The van der Waals surface area contributed by atoms with Crippen LogP contribution in [0, 0.1) is 0 Å². The van der Waals surface area contributed by atoms with E-state index in [1.807, 2.05) is 0 Å². The molecule has 150 valence electrons. The molecular weight excluding hydrogens is 425 g/mol. The van der Waals surface area contributed by atoms with Crippen LogP contribution in [0.15, 0.2) is 40.2 Å². The van der Waals surface area contributed by atoms with Gasteiger partial charge >= 0.3 is 6.36 Å². The van der Waals surface area contributed by atoms with Crippen molar-refractivity contribution in [2.24, 2.45) is 5.73 Å². The van der Waals surface area contributed by atoms with Gasteiger partial charge in [0.25, 0.3) is 5.56 Å². The quantitative estimate of drug-likeness (QED) is 0.641. The van der Waals surface area contributed by atoms with Gasteiger partial charge in [-0.25, -0.2) is 4.68 Å². The molecule has 1 heterocycles. The van der Waals surface area contributed by atoms with Crippen LogP contribution in [0.4, 0.5) is 18.9 Å². The van der Waals surface area contributed by atoms with Crippen LogP contribution in [0.1, 0.15) is 0 Å². The highest BCUT2D eigenvalue weighted by Gasteiger charge is 2.31. The van der Waals surface area contributed by atoms with Gasteiger partial charge in [-0.3, -0.25) is 14.4 Å². The van der Waals surface area contributed by atoms with Gasteiger partial charge in [-0.15, -0.1) is 24.9 Å². The number of anilines is 1. The zero-order valence-electron chi connectivity index (χ0n) is 13.8. The Kier molecular flexibility index (Phi) is 6.91. The summed E-state index contributed by atoms with van der Waals surface area (Å²) in [6.45, 7) is -0.538. The molecule has 0 fully saturated rings. The SMILES string of the molecule is NC(=O)CSc1cnn(CC(=O)Nc2cccc(OC(F)(F)F)c2)c(=O)c1Cl. The third-order valence-corrected chi connectivity index (χ3v) is 4.49. The second-order valence-electron chi connectivity index (χ2n) is 5.16. The van der Waals surface area contributed by atoms with Gasteiger partial charge in [0.1, 0.15) is 17.3 Å². The van der Waals surface area contributed by atoms with Crippen LogP contribution in [-0.4, -0.2) is 33.7 Å². The summed E-state index contributed by atoms with van der Waals surface area (Å²) in [4.78, 5) is 35.2. The number of thioether (sulfide) groups is 1. The lowest BCUT2D eigenvalue weighted by molar-refractivity contribution is -0.274. The maximum absolute atomic E-state index is 12.2. The van der Waals surface area contributed by atoms with E-state index in [2.05, 4.69) is 15.2 Å². The first kappa shape index (κ1) is 21.6. The predicted octanol–water partition coefficient (Wildman–Crippen LogP) is 2.01. The van der Waals surface area contributed by atoms with E-state index in [9.17, 15) is 27.6 Å². The number of rotatable bonds is 7. The van der Waals surface area contributed by atoms with Crippen molar-refractivity contribution in [1.29, 1.82) is 0 Å². The second kappa shape index (κ2) is 8.97. The maximum atomic E-state index is 12.2. The Bertz CT molecular complexity index is 952. The van der Waals surface area contributed by atoms with Crippen LogP contribution in [0.25, 0.3) is 0 Å². The number of carbonyl (C=O) groups is 2. The van der Waals surface area contributed by atoms with Crippen molar-refractivity contribution in [3.8, 4) is 5.75 Å². The molecule has 0 aliphatic heterocycles. The number of amides is 2. The highest BCUT2D eigenvalue weighted by Crippen LogP contribution is 2.25. The lowest BCUT2D eigenvalue weighted by Gasteiger charge is -2.11. The smallest absolute Gasteiger partial charge is 0.406 e. The molecule has 28 heavy (non-hydrogen) atoms. The van der Waals surface area contributed by atoms with Crippen molar-refractivity contribution < 1.29 is 27.5 Å². The summed E-state index contributed by atoms with van der Waals surface area (Å²) < 4.78 is 41.2. The fourth-order valence-electron chi connectivity index (χ4n) is 1.92. The molecule has 0 saturated heterocycles. The van der Waals surface area contributed by atoms with E-state index < -0.39 is 36.0 Å². The number of primary amides is 1. The third kappa shape index (κ3) is 6.46. The lowest BCUT2D eigenvalue weighted by atomic mass is 10.3. The van der Waals surface area contributed by atoms with Gasteiger partial charge in [-0.2, -0.15) is 5.10 Å². The van der Waals surface area contributed by atoms with Crippen LogP contribution in [-0.2, 0) is 16.1 Å². The van der Waals surface area contributed by atoms with Crippen LogP contribution in [0.5, 0.6) is 5.75 Å². The predicted molar refractivity (Wildman–Crippen MR) is 95.2 cm³/mol. The van der Waals surface area contributed by atoms with Crippen molar-refractivity contribution in [2.45, 2.75) is 17.8 Å². The molecule has 0 aliphatic carbocycles. The number of carbonyl (C=O) groups excluding carboxylic acids is 2. The largest absolute Gasteiger partial charge is 0.573 e. The minimum atomic E-state index is -4.87. The fourth-order valence-corrected chi connectivity index (χ4v) is 2.86. The molecule has 1 aromatic heterocycles. The van der Waals surface area contributed by atoms with Gasteiger partial charge < -0.3 is 15.8 Å². The zero-order valence-corrected chi connectivity index (χ0v) is 15.4. The molecule has 0 radical (unpaired) electrons. The van der Waals surface area contributed by atoms with Gasteiger partial charge in [0.05, 0.1) is 16.8 Å². The van der Waals surface area contributed by atoms with Gasteiger partial charge in [-0.1, -0.05) is 17.7 Å². The number of alkyl halides is 3. The molecule has 0 atom stereocenters. The number of benzene rings is 1. The number of hydrogen-bond donors (Lipinski definition) is 2. The highest BCUT2D eigenvalue weighted by atomic mass is 35.5. The fraction of sp³-hybridized carbons (Fsp3) is 0.200. The van der Waals surface area contributed by atoms with Crippen molar-refractivity contribution in [1.82, 2.24) is 9.78 Å². The van der Waals surface area contributed by atoms with Crippen molar-refractivity contribution in [3.05, 3.63) is 45.8 Å². The number of nitrogens with zero attached hydrogens (tertiary/aromatic N) is 2. The van der Waals surface area contributed by atoms with E-state index >= 15 is 0 Å². The molecule has 3 N–H and O–H groups in total. The Balaban J connectivity index is 2.07. The lowest BCUT2D eigenvalue weighted by Crippen LogP contribution is -2.30. The van der Waals surface area contributed by atoms with Gasteiger partial charge in [-0.05, 0) is 12.1 Å². The van der Waals surface area contributed by atoms with E-state index in [0.29, 0.717) is 0 Å². The molecule has 13 heteroatoms. The molecule has 0 unspecified atom stereocenters. The number of nitrogens with two attached hydrogens (primary N) is 1. The molecule has 0 aliphatic rings. The molecule has 0 bridgehead atoms. The van der Waals surface area contributed by atoms with E-state index in [1.165, 1.54) is 18.3 Å². The summed E-state index contributed by atoms with van der Waals surface area (Å²) in [5, 5.41) is 5.86. The first-order chi connectivity index (χ1) is 13.0. The summed E-state index contributed by atoms with van der Waals surface area (Å²) in [6.07, 6.45) is -3.67. The summed E-state index contributed by atoms with van der Waals surface area (Å²) >= 11 is 6.82. The number of nitrogens with one attached hydrogen (secondary N) is 1. The van der Waals surface area contributed by atoms with Crippen LogP contribution in [0.2, 0.25) is 5.02 Å². The molecular formula is C15H12ClF3N4O4S. The van der Waals surface area contributed by atoms with Crippen molar-refractivity contribution in [3.63, 3.8) is 0 Å². The van der Waals surface area contributed by atoms with Crippen molar-refractivity contribution in [2.75, 3.05) is 11.1 Å². The van der Waals surface area contributed by atoms with E-state index in [0.717, 1.165) is 28.6 Å². The van der Waals surface area contributed by atoms with Crippen LogP contribution in [0.3, 0.4) is 0 Å². The number of aromatic nitrogens is 2. The van der Waals surface area contributed by atoms with Gasteiger partial charge in [0, 0.05) is 11.8 Å². The summed E-state index contributed by atoms with van der Waals surface area (Å²) in [5.74, 6) is -1.96.